The van der Waals surface area contributed by atoms with Gasteiger partial charge in [0.1, 0.15) is 0 Å². The fourth-order valence-corrected chi connectivity index (χ4v) is 2.05. The molecule has 0 spiro atoms. The summed E-state index contributed by atoms with van der Waals surface area (Å²) < 4.78 is 5.26. The number of aromatic hydroxyl groups is 1. The fraction of sp³-hybridized carbons (Fsp3) is 0.333. The minimum Gasteiger partial charge on any atom is -0.504 e. The summed E-state index contributed by atoms with van der Waals surface area (Å²) in [6, 6.07) is 4.97. The zero-order valence-electron chi connectivity index (χ0n) is 12.9. The number of nitrogens with one attached hydrogen (secondary N) is 2. The first-order valence-electron chi connectivity index (χ1n) is 7.13. The van der Waals surface area contributed by atoms with Crippen molar-refractivity contribution < 1.29 is 19.4 Å². The molecule has 8 nitrogen and oxygen atoms in total. The Kier molecular flexibility index (Phi) is 5.29. The third-order valence-electron chi connectivity index (χ3n) is 3.28. The molecule has 0 aromatic heterocycles. The SMILES string of the molecule is CCOc1cccc(/C=N\NC(=O)C[C@H]2C(=O)NN=C2C)c1O. The van der Waals surface area contributed by atoms with Gasteiger partial charge in [0.15, 0.2) is 11.5 Å². The molecule has 1 atom stereocenters. The second-order valence-electron chi connectivity index (χ2n) is 4.91. The smallest absolute Gasteiger partial charge is 0.249 e. The van der Waals surface area contributed by atoms with Crippen molar-refractivity contribution in [3.05, 3.63) is 23.8 Å². The van der Waals surface area contributed by atoms with E-state index in [0.717, 1.165) is 0 Å². The number of carbonyl (C=O) groups is 2. The van der Waals surface area contributed by atoms with Gasteiger partial charge in [0.05, 0.1) is 18.7 Å². The summed E-state index contributed by atoms with van der Waals surface area (Å²) in [6.45, 7) is 3.91. The Morgan fingerprint density at radius 1 is 1.57 bits per heavy atom. The van der Waals surface area contributed by atoms with E-state index in [-0.39, 0.29) is 18.1 Å². The molecule has 0 fully saturated rings. The van der Waals surface area contributed by atoms with E-state index in [4.69, 9.17) is 4.74 Å². The molecule has 0 unspecified atom stereocenters. The molecule has 122 valence electrons. The highest BCUT2D eigenvalue weighted by molar-refractivity contribution is 6.09. The highest BCUT2D eigenvalue weighted by Crippen LogP contribution is 2.28. The van der Waals surface area contributed by atoms with E-state index in [0.29, 0.717) is 23.6 Å². The Morgan fingerprint density at radius 2 is 2.35 bits per heavy atom. The van der Waals surface area contributed by atoms with Crippen LogP contribution < -0.4 is 15.6 Å². The molecule has 3 N–H and O–H groups in total. The number of hydrogen-bond donors (Lipinski definition) is 3. The third kappa shape index (κ3) is 4.06. The van der Waals surface area contributed by atoms with Crippen LogP contribution in [-0.2, 0) is 9.59 Å². The minimum atomic E-state index is -0.570. The van der Waals surface area contributed by atoms with Crippen molar-refractivity contribution in [2.24, 2.45) is 16.1 Å². The number of amides is 2. The van der Waals surface area contributed by atoms with Gasteiger partial charge >= 0.3 is 0 Å². The van der Waals surface area contributed by atoms with Crippen LogP contribution in [0, 0.1) is 5.92 Å². The van der Waals surface area contributed by atoms with Gasteiger partial charge in [0.25, 0.3) is 0 Å². The number of phenolic OH excluding ortho intramolecular Hbond substituents is 1. The van der Waals surface area contributed by atoms with Crippen LogP contribution in [0.3, 0.4) is 0 Å². The van der Waals surface area contributed by atoms with Gasteiger partial charge in [-0.25, -0.2) is 10.9 Å². The fourth-order valence-electron chi connectivity index (χ4n) is 2.05. The number of carbonyl (C=O) groups excluding carboxylic acids is 2. The van der Waals surface area contributed by atoms with Crippen LogP contribution in [-0.4, -0.2) is 35.5 Å². The first-order chi connectivity index (χ1) is 11.0. The summed E-state index contributed by atoms with van der Waals surface area (Å²) in [4.78, 5) is 23.3. The van der Waals surface area contributed by atoms with Crippen LogP contribution in [0.1, 0.15) is 25.8 Å². The molecule has 0 bridgehead atoms. The molecule has 0 aliphatic carbocycles. The van der Waals surface area contributed by atoms with E-state index in [1.807, 2.05) is 6.92 Å². The molecule has 1 aromatic rings. The number of hydrazone groups is 2. The number of ether oxygens (including phenoxy) is 1. The van der Waals surface area contributed by atoms with E-state index in [1.54, 1.807) is 25.1 Å². The molecule has 1 aromatic carbocycles. The monoisotopic (exact) mass is 318 g/mol. The molecule has 1 aliphatic heterocycles. The number of rotatable bonds is 6. The molecule has 0 saturated heterocycles. The number of nitrogens with zero attached hydrogens (tertiary/aromatic N) is 2. The lowest BCUT2D eigenvalue weighted by atomic mass is 10.0. The summed E-state index contributed by atoms with van der Waals surface area (Å²) in [5, 5.41) is 17.5. The van der Waals surface area contributed by atoms with Crippen LogP contribution in [0.5, 0.6) is 11.5 Å². The molecule has 2 rings (SSSR count). The summed E-state index contributed by atoms with van der Waals surface area (Å²) >= 11 is 0. The zero-order valence-corrected chi connectivity index (χ0v) is 12.9. The van der Waals surface area contributed by atoms with Crippen molar-refractivity contribution in [3.8, 4) is 11.5 Å². The summed E-state index contributed by atoms with van der Waals surface area (Å²) in [5.41, 5.74) is 5.61. The zero-order chi connectivity index (χ0) is 16.8. The van der Waals surface area contributed by atoms with Crippen molar-refractivity contribution in [2.75, 3.05) is 6.61 Å². The largest absolute Gasteiger partial charge is 0.504 e. The second kappa shape index (κ2) is 7.39. The first-order valence-corrected chi connectivity index (χ1v) is 7.13. The Labute approximate surface area is 133 Å². The van der Waals surface area contributed by atoms with Crippen molar-refractivity contribution in [3.63, 3.8) is 0 Å². The summed E-state index contributed by atoms with van der Waals surface area (Å²) in [6.07, 6.45) is 1.27. The molecular formula is C15H18N4O4. The van der Waals surface area contributed by atoms with Crippen molar-refractivity contribution in [1.29, 1.82) is 0 Å². The molecular weight excluding hydrogens is 300 g/mol. The number of benzene rings is 1. The van der Waals surface area contributed by atoms with E-state index in [2.05, 4.69) is 21.1 Å². The van der Waals surface area contributed by atoms with Gasteiger partial charge in [0, 0.05) is 17.7 Å². The summed E-state index contributed by atoms with van der Waals surface area (Å²) in [5.74, 6) is -0.996. The van der Waals surface area contributed by atoms with Gasteiger partial charge in [-0.2, -0.15) is 10.2 Å². The van der Waals surface area contributed by atoms with E-state index >= 15 is 0 Å². The average molecular weight is 318 g/mol. The Balaban J connectivity index is 1.94. The molecule has 1 aliphatic rings. The Bertz CT molecular complexity index is 669. The highest BCUT2D eigenvalue weighted by atomic mass is 16.5. The second-order valence-corrected chi connectivity index (χ2v) is 4.91. The lowest BCUT2D eigenvalue weighted by Crippen LogP contribution is -2.29. The molecule has 0 radical (unpaired) electrons. The van der Waals surface area contributed by atoms with Gasteiger partial charge in [-0.05, 0) is 26.0 Å². The lowest BCUT2D eigenvalue weighted by molar-refractivity contribution is -0.127. The minimum absolute atomic E-state index is 0.0382. The lowest BCUT2D eigenvalue weighted by Gasteiger charge is -2.07. The van der Waals surface area contributed by atoms with Gasteiger partial charge in [-0.3, -0.25) is 9.59 Å². The van der Waals surface area contributed by atoms with Gasteiger partial charge in [0.2, 0.25) is 11.8 Å². The predicted octanol–water partition coefficient (Wildman–Crippen LogP) is 0.753. The molecule has 23 heavy (non-hydrogen) atoms. The van der Waals surface area contributed by atoms with Crippen LogP contribution in [0.4, 0.5) is 0 Å². The number of phenols is 1. The van der Waals surface area contributed by atoms with Gasteiger partial charge in [-0.1, -0.05) is 6.07 Å². The maximum atomic E-state index is 11.8. The molecule has 8 heteroatoms. The van der Waals surface area contributed by atoms with Gasteiger partial charge < -0.3 is 9.84 Å². The van der Waals surface area contributed by atoms with E-state index in [1.165, 1.54) is 6.21 Å². The number of para-hydroxylation sites is 1. The van der Waals surface area contributed by atoms with Crippen LogP contribution in [0.2, 0.25) is 0 Å². The predicted molar refractivity (Wildman–Crippen MR) is 84.4 cm³/mol. The van der Waals surface area contributed by atoms with Gasteiger partial charge in [-0.15, -0.1) is 0 Å². The topological polar surface area (TPSA) is 112 Å². The van der Waals surface area contributed by atoms with Crippen LogP contribution >= 0.6 is 0 Å². The Morgan fingerprint density at radius 3 is 3.00 bits per heavy atom. The number of hydrogen-bond acceptors (Lipinski definition) is 6. The van der Waals surface area contributed by atoms with Crippen LogP contribution in [0.25, 0.3) is 0 Å². The standard InChI is InChI=1S/C15H18N4O4/c1-3-23-12-6-4-5-10(14(12)21)8-16-18-13(20)7-11-9(2)17-19-15(11)22/h4-6,8,11,21H,3,7H2,1-2H3,(H,18,20)(H,19,22)/b16-8-/t11-/m1/s1. The van der Waals surface area contributed by atoms with Crippen LogP contribution in [0.15, 0.2) is 28.4 Å². The molecule has 0 saturated carbocycles. The van der Waals surface area contributed by atoms with Crippen molar-refractivity contribution in [1.82, 2.24) is 10.9 Å². The van der Waals surface area contributed by atoms with Crippen molar-refractivity contribution in [2.45, 2.75) is 20.3 Å². The maximum Gasteiger partial charge on any atom is 0.249 e. The van der Waals surface area contributed by atoms with Crippen molar-refractivity contribution >= 4 is 23.7 Å². The summed E-state index contributed by atoms with van der Waals surface area (Å²) in [7, 11) is 0. The highest BCUT2D eigenvalue weighted by Gasteiger charge is 2.28. The van der Waals surface area contributed by atoms with E-state index < -0.39 is 11.8 Å². The Hall–Kier alpha value is -2.90. The maximum absolute atomic E-state index is 11.8. The average Bonchev–Trinajstić information content (AvgIpc) is 2.83. The normalized spacial score (nSPS) is 17.0. The molecule has 1 heterocycles. The quantitative estimate of drug-likeness (QED) is 0.531. The molecule has 2 amide bonds. The third-order valence-corrected chi connectivity index (χ3v) is 3.28. The first kappa shape index (κ1) is 16.5. The van der Waals surface area contributed by atoms with E-state index in [9.17, 15) is 14.7 Å².